The smallest absolute Gasteiger partial charge is 0.119 e. The average Bonchev–Trinajstić information content (AvgIpc) is 2.57. The molecule has 0 heterocycles. The molecule has 0 amide bonds. The third-order valence-corrected chi connectivity index (χ3v) is 3.58. The first-order valence-electron chi connectivity index (χ1n) is 6.35. The average molecular weight is 254 g/mol. The maximum absolute atomic E-state index is 9.42. The van der Waals surface area contributed by atoms with Gasteiger partial charge in [-0.25, -0.2) is 0 Å². The fourth-order valence-electron chi connectivity index (χ4n) is 2.59. The van der Waals surface area contributed by atoms with Crippen LogP contribution in [0.5, 0.6) is 0 Å². The van der Waals surface area contributed by atoms with Crippen molar-refractivity contribution in [3.63, 3.8) is 0 Å². The maximum Gasteiger partial charge on any atom is 0.119 e. The van der Waals surface area contributed by atoms with Crippen molar-refractivity contribution >= 4 is 12.4 Å². The molecule has 0 aliphatic heterocycles. The van der Waals surface area contributed by atoms with Crippen LogP contribution < -0.4 is 0 Å². The van der Waals surface area contributed by atoms with Gasteiger partial charge in [0, 0.05) is 17.3 Å². The molecule has 0 unspecified atom stereocenters. The van der Waals surface area contributed by atoms with E-state index in [9.17, 15) is 5.21 Å². The van der Waals surface area contributed by atoms with Gasteiger partial charge < -0.3 is 5.21 Å². The molecule has 19 heavy (non-hydrogen) atoms. The molecule has 1 N–H and O–H groups in total. The zero-order valence-electron chi connectivity index (χ0n) is 11.3. The second kappa shape index (κ2) is 5.65. The lowest BCUT2D eigenvalue weighted by Gasteiger charge is -2.10. The van der Waals surface area contributed by atoms with E-state index in [1.165, 1.54) is 11.1 Å². The zero-order chi connectivity index (χ0) is 13.8. The Morgan fingerprint density at radius 2 is 2.11 bits per heavy atom. The number of allylic oxidation sites excluding steroid dienone is 3. The molecule has 0 aromatic heterocycles. The van der Waals surface area contributed by atoms with E-state index in [2.05, 4.69) is 29.9 Å². The Balaban J connectivity index is 2.71. The van der Waals surface area contributed by atoms with Gasteiger partial charge in [0.15, 0.2) is 0 Å². The Labute approximate surface area is 113 Å². The molecule has 0 spiro atoms. The summed E-state index contributed by atoms with van der Waals surface area (Å²) in [5, 5.41) is 12.9. The summed E-state index contributed by atoms with van der Waals surface area (Å²) in [5.74, 6) is 0. The molecule has 1 aliphatic carbocycles. The second-order valence-electron chi connectivity index (χ2n) is 4.59. The summed E-state index contributed by atoms with van der Waals surface area (Å²) in [7, 11) is 0. The number of oxime groups is 1. The minimum Gasteiger partial charge on any atom is -0.410 e. The highest BCUT2D eigenvalue weighted by molar-refractivity contribution is 6.16. The third-order valence-electron chi connectivity index (χ3n) is 3.58. The molecule has 0 atom stereocenters. The fourth-order valence-corrected chi connectivity index (χ4v) is 2.59. The first kappa shape index (κ1) is 13.3. The molecule has 0 fully saturated rings. The summed E-state index contributed by atoms with van der Waals surface area (Å²) in [6.45, 7) is 7.58. The predicted octanol–water partition coefficient (Wildman–Crippen LogP) is 3.65. The molecule has 1 aromatic rings. The normalized spacial score (nSPS) is 21.5. The van der Waals surface area contributed by atoms with Crippen molar-refractivity contribution < 1.29 is 5.21 Å². The topological polar surface area (TPSA) is 45.0 Å². The van der Waals surface area contributed by atoms with Crippen LogP contribution in [-0.2, 0) is 6.42 Å². The van der Waals surface area contributed by atoms with Gasteiger partial charge in [-0.15, -0.1) is 0 Å². The maximum atomic E-state index is 9.42. The Morgan fingerprint density at radius 1 is 1.32 bits per heavy atom. The molecule has 0 saturated heterocycles. The number of nitrogens with zero attached hydrogens (tertiary/aromatic N) is 2. The Hall–Kier alpha value is -2.16. The lowest BCUT2D eigenvalue weighted by atomic mass is 9.95. The van der Waals surface area contributed by atoms with Crippen LogP contribution >= 0.6 is 0 Å². The molecule has 3 heteroatoms. The van der Waals surface area contributed by atoms with Gasteiger partial charge in [-0.2, -0.15) is 0 Å². The number of aryl methyl sites for hydroxylation is 1. The van der Waals surface area contributed by atoms with Crippen LogP contribution in [-0.4, -0.2) is 17.6 Å². The lowest BCUT2D eigenvalue weighted by molar-refractivity contribution is 0.319. The number of benzene rings is 1. The molecule has 98 valence electrons. The molecular formula is C16H18N2O. The van der Waals surface area contributed by atoms with Gasteiger partial charge in [-0.05, 0) is 50.1 Å². The SMILES string of the molecule is C=N/C=C1C(=C/C)\CCc2c(C)cccc2C\1=N/O. The number of hydrogen-bond acceptors (Lipinski definition) is 3. The third kappa shape index (κ3) is 2.36. The van der Waals surface area contributed by atoms with E-state index >= 15 is 0 Å². The van der Waals surface area contributed by atoms with Crippen molar-refractivity contribution in [3.8, 4) is 0 Å². The van der Waals surface area contributed by atoms with E-state index in [4.69, 9.17) is 0 Å². The van der Waals surface area contributed by atoms with E-state index in [-0.39, 0.29) is 0 Å². The molecule has 1 aliphatic rings. The van der Waals surface area contributed by atoms with Gasteiger partial charge in [0.25, 0.3) is 0 Å². The quantitative estimate of drug-likeness (QED) is 0.353. The van der Waals surface area contributed by atoms with Gasteiger partial charge in [0.05, 0.1) is 0 Å². The summed E-state index contributed by atoms with van der Waals surface area (Å²) < 4.78 is 0. The van der Waals surface area contributed by atoms with Gasteiger partial charge in [-0.1, -0.05) is 29.4 Å². The van der Waals surface area contributed by atoms with Gasteiger partial charge in [0.1, 0.15) is 5.71 Å². The van der Waals surface area contributed by atoms with Crippen molar-refractivity contribution in [1.82, 2.24) is 0 Å². The number of fused-ring (bicyclic) bond motifs is 1. The van der Waals surface area contributed by atoms with Crippen LogP contribution in [0.25, 0.3) is 0 Å². The number of hydrogen-bond donors (Lipinski definition) is 1. The van der Waals surface area contributed by atoms with Crippen LogP contribution in [0.4, 0.5) is 0 Å². The van der Waals surface area contributed by atoms with E-state index < -0.39 is 0 Å². The van der Waals surface area contributed by atoms with Crippen LogP contribution in [0.15, 0.2) is 51.8 Å². The van der Waals surface area contributed by atoms with Crippen LogP contribution in [0.1, 0.15) is 30.0 Å². The predicted molar refractivity (Wildman–Crippen MR) is 79.2 cm³/mol. The van der Waals surface area contributed by atoms with Crippen LogP contribution in [0, 0.1) is 6.92 Å². The summed E-state index contributed by atoms with van der Waals surface area (Å²) in [6.07, 6.45) is 5.56. The van der Waals surface area contributed by atoms with Gasteiger partial charge >= 0.3 is 0 Å². The van der Waals surface area contributed by atoms with Crippen molar-refractivity contribution in [2.24, 2.45) is 10.1 Å². The Kier molecular flexibility index (Phi) is 3.95. The monoisotopic (exact) mass is 254 g/mol. The highest BCUT2D eigenvalue weighted by atomic mass is 16.4. The van der Waals surface area contributed by atoms with E-state index in [1.807, 2.05) is 25.1 Å². The van der Waals surface area contributed by atoms with Crippen molar-refractivity contribution in [1.29, 1.82) is 0 Å². The first-order chi connectivity index (χ1) is 9.22. The standard InChI is InChI=1S/C16H18N2O/c1-4-12-8-9-13-11(2)6-5-7-14(13)16(18-19)15(12)10-17-3/h4-7,10,19H,3,8-9H2,1-2H3/b12-4-,15-10+,18-16+. The Morgan fingerprint density at radius 3 is 2.74 bits per heavy atom. The van der Waals surface area contributed by atoms with Crippen LogP contribution in [0.2, 0.25) is 0 Å². The van der Waals surface area contributed by atoms with Gasteiger partial charge in [-0.3, -0.25) is 4.99 Å². The molecule has 0 bridgehead atoms. The van der Waals surface area contributed by atoms with Crippen LogP contribution in [0.3, 0.4) is 0 Å². The van der Waals surface area contributed by atoms with E-state index in [0.717, 1.165) is 29.6 Å². The molecule has 0 radical (unpaired) electrons. The first-order valence-corrected chi connectivity index (χ1v) is 6.35. The number of rotatable bonds is 1. The Bertz CT molecular complexity index is 595. The van der Waals surface area contributed by atoms with Crippen molar-refractivity contribution in [2.75, 3.05) is 0 Å². The van der Waals surface area contributed by atoms with E-state index in [0.29, 0.717) is 5.71 Å². The molecule has 1 aromatic carbocycles. The lowest BCUT2D eigenvalue weighted by Crippen LogP contribution is -2.07. The highest BCUT2D eigenvalue weighted by Gasteiger charge is 2.22. The largest absolute Gasteiger partial charge is 0.410 e. The summed E-state index contributed by atoms with van der Waals surface area (Å²) >= 11 is 0. The summed E-state index contributed by atoms with van der Waals surface area (Å²) in [5.41, 5.74) is 6.01. The summed E-state index contributed by atoms with van der Waals surface area (Å²) in [6, 6.07) is 6.06. The van der Waals surface area contributed by atoms with Crippen molar-refractivity contribution in [2.45, 2.75) is 26.7 Å². The zero-order valence-corrected chi connectivity index (χ0v) is 11.3. The molecule has 2 rings (SSSR count). The van der Waals surface area contributed by atoms with E-state index in [1.54, 1.807) is 6.20 Å². The molecule has 0 saturated carbocycles. The number of aliphatic imine (C=N–C) groups is 1. The highest BCUT2D eigenvalue weighted by Crippen LogP contribution is 2.30. The van der Waals surface area contributed by atoms with Crippen molar-refractivity contribution in [3.05, 3.63) is 58.3 Å². The fraction of sp³-hybridized carbons (Fsp3) is 0.250. The second-order valence-corrected chi connectivity index (χ2v) is 4.59. The molecular weight excluding hydrogens is 236 g/mol. The minimum atomic E-state index is 0.580. The summed E-state index contributed by atoms with van der Waals surface area (Å²) in [4.78, 5) is 3.85. The minimum absolute atomic E-state index is 0.580. The molecule has 3 nitrogen and oxygen atoms in total. The van der Waals surface area contributed by atoms with Gasteiger partial charge in [0.2, 0.25) is 0 Å².